The summed E-state index contributed by atoms with van der Waals surface area (Å²) in [5.41, 5.74) is 4.08. The standard InChI is InChI=1S/2C15H10N.C5H8O2.Ir/c2*1-2-7-13(8-3-1)15-14-9-5-4-6-12(14)10-11-16-15;1-4(6)3-5(2)7;/h2*1-7,9-11H;3,6H,1-2H3;/q2*-1;;+3/p-1. The molecule has 0 N–H and O–H groups in total. The van der Waals surface area contributed by atoms with Crippen LogP contribution < -0.4 is 5.11 Å². The van der Waals surface area contributed by atoms with Crippen molar-refractivity contribution in [1.82, 2.24) is 9.97 Å². The molecule has 0 saturated carbocycles. The predicted octanol–water partition coefficient (Wildman–Crippen LogP) is 7.24. The summed E-state index contributed by atoms with van der Waals surface area (Å²) in [6.07, 6.45) is 4.75. The molecule has 0 aliphatic carbocycles. The second-order valence-corrected chi connectivity index (χ2v) is 8.68. The minimum absolute atomic E-state index is 0. The maximum absolute atomic E-state index is 9.98. The molecule has 0 aliphatic rings. The van der Waals surface area contributed by atoms with Crippen LogP contribution in [0, 0.1) is 12.1 Å². The number of rotatable bonds is 3. The molecule has 6 rings (SSSR count). The molecule has 0 unspecified atom stereocenters. The van der Waals surface area contributed by atoms with Gasteiger partial charge in [-0.25, -0.2) is 0 Å². The van der Waals surface area contributed by atoms with E-state index in [0.717, 1.165) is 28.6 Å². The second kappa shape index (κ2) is 15.2. The first kappa shape index (κ1) is 30.1. The van der Waals surface area contributed by atoms with Gasteiger partial charge in [0.15, 0.2) is 5.78 Å². The smallest absolute Gasteiger partial charge is 0.876 e. The molecule has 0 fully saturated rings. The molecule has 0 bridgehead atoms. The van der Waals surface area contributed by atoms with Crippen LogP contribution in [0.2, 0.25) is 0 Å². The summed E-state index contributed by atoms with van der Waals surface area (Å²) >= 11 is 0. The number of allylic oxidation sites excluding steroid dienone is 2. The number of carbonyl (C=O) groups is 1. The number of nitrogens with zero attached hydrogens (tertiary/aromatic N) is 2. The molecule has 6 aromatic rings. The van der Waals surface area contributed by atoms with Crippen LogP contribution in [-0.4, -0.2) is 15.8 Å². The Kier molecular flexibility index (Phi) is 11.5. The molecule has 0 amide bonds. The zero-order valence-electron chi connectivity index (χ0n) is 22.2. The fourth-order valence-electron chi connectivity index (χ4n) is 4.04. The Balaban J connectivity index is 0.000000177. The van der Waals surface area contributed by atoms with E-state index in [0.29, 0.717) is 0 Å². The van der Waals surface area contributed by atoms with Crippen molar-refractivity contribution < 1.29 is 30.0 Å². The van der Waals surface area contributed by atoms with Crippen LogP contribution in [0.25, 0.3) is 44.1 Å². The Morgan fingerprint density at radius 2 is 1.07 bits per heavy atom. The average molecular weight is 700 g/mol. The number of hydrogen-bond donors (Lipinski definition) is 0. The van der Waals surface area contributed by atoms with Crippen LogP contribution in [-0.2, 0) is 24.9 Å². The molecule has 198 valence electrons. The molecule has 0 radical (unpaired) electrons. The van der Waals surface area contributed by atoms with Gasteiger partial charge >= 0.3 is 20.1 Å². The van der Waals surface area contributed by atoms with E-state index in [4.69, 9.17) is 0 Å². The fourth-order valence-corrected chi connectivity index (χ4v) is 4.04. The Morgan fingerprint density at radius 3 is 1.43 bits per heavy atom. The molecule has 4 nitrogen and oxygen atoms in total. The molecule has 0 atom stereocenters. The van der Waals surface area contributed by atoms with Crippen molar-refractivity contribution in [2.75, 3.05) is 0 Å². The van der Waals surface area contributed by atoms with Crippen molar-refractivity contribution >= 4 is 27.3 Å². The number of ketones is 1. The summed E-state index contributed by atoms with van der Waals surface area (Å²) in [7, 11) is 0. The number of benzene rings is 4. The van der Waals surface area contributed by atoms with Gasteiger partial charge in [-0.05, 0) is 58.1 Å². The third-order valence-corrected chi connectivity index (χ3v) is 5.68. The van der Waals surface area contributed by atoms with Crippen LogP contribution in [0.4, 0.5) is 0 Å². The van der Waals surface area contributed by atoms with Crippen LogP contribution in [0.15, 0.2) is 133 Å². The van der Waals surface area contributed by atoms with Gasteiger partial charge in [-0.3, -0.25) is 4.79 Å². The molecule has 2 aromatic heterocycles. The van der Waals surface area contributed by atoms with E-state index >= 15 is 0 Å². The molecule has 40 heavy (non-hydrogen) atoms. The van der Waals surface area contributed by atoms with Crippen molar-refractivity contribution in [2.24, 2.45) is 0 Å². The van der Waals surface area contributed by atoms with Gasteiger partial charge in [0.05, 0.1) is 0 Å². The van der Waals surface area contributed by atoms with E-state index < -0.39 is 0 Å². The third-order valence-electron chi connectivity index (χ3n) is 5.68. The maximum atomic E-state index is 9.98. The third kappa shape index (κ3) is 8.28. The average Bonchev–Trinajstić information content (AvgIpc) is 2.97. The van der Waals surface area contributed by atoms with Gasteiger partial charge < -0.3 is 15.1 Å². The predicted molar refractivity (Wildman–Crippen MR) is 156 cm³/mol. The first-order chi connectivity index (χ1) is 19.0. The van der Waals surface area contributed by atoms with Gasteiger partial charge in [0.25, 0.3) is 0 Å². The summed E-state index contributed by atoms with van der Waals surface area (Å²) in [6, 6.07) is 42.9. The summed E-state index contributed by atoms with van der Waals surface area (Å²) in [4.78, 5) is 18.9. The van der Waals surface area contributed by atoms with E-state index in [9.17, 15) is 9.90 Å². The van der Waals surface area contributed by atoms with Crippen LogP contribution in [0.1, 0.15) is 13.8 Å². The number of fused-ring (bicyclic) bond motifs is 2. The largest absolute Gasteiger partial charge is 3.00 e. The van der Waals surface area contributed by atoms with Crippen molar-refractivity contribution in [3.05, 3.63) is 146 Å². The number of pyridine rings is 2. The molecule has 4 aromatic carbocycles. The Morgan fingerprint density at radius 1 is 0.650 bits per heavy atom. The maximum Gasteiger partial charge on any atom is 3.00 e. The Hall–Kier alpha value is -4.44. The summed E-state index contributed by atoms with van der Waals surface area (Å²) in [5.74, 6) is -0.375. The van der Waals surface area contributed by atoms with Crippen LogP contribution >= 0.6 is 0 Å². The molecular formula is C35H27IrN2O2. The van der Waals surface area contributed by atoms with Gasteiger partial charge in [-0.1, -0.05) is 55.5 Å². The zero-order valence-corrected chi connectivity index (χ0v) is 24.6. The zero-order chi connectivity index (χ0) is 27.5. The molecule has 0 spiro atoms. The van der Waals surface area contributed by atoms with E-state index in [1.165, 1.54) is 35.4 Å². The summed E-state index contributed by atoms with van der Waals surface area (Å²) in [5, 5.41) is 14.8. The van der Waals surface area contributed by atoms with Crippen molar-refractivity contribution in [3.63, 3.8) is 0 Å². The topological polar surface area (TPSA) is 65.9 Å². The van der Waals surface area contributed by atoms with Crippen molar-refractivity contribution in [1.29, 1.82) is 0 Å². The molecule has 0 saturated heterocycles. The van der Waals surface area contributed by atoms with Gasteiger partial charge in [-0.15, -0.1) is 77.5 Å². The minimum Gasteiger partial charge on any atom is -0.876 e. The second-order valence-electron chi connectivity index (χ2n) is 8.68. The van der Waals surface area contributed by atoms with E-state index in [1.54, 1.807) is 0 Å². The quantitative estimate of drug-likeness (QED) is 0.111. The van der Waals surface area contributed by atoms with E-state index in [1.807, 2.05) is 97.3 Å². The van der Waals surface area contributed by atoms with Gasteiger partial charge in [-0.2, -0.15) is 0 Å². The van der Waals surface area contributed by atoms with Gasteiger partial charge in [0.2, 0.25) is 0 Å². The monoisotopic (exact) mass is 700 g/mol. The van der Waals surface area contributed by atoms with Crippen LogP contribution in [0.3, 0.4) is 0 Å². The van der Waals surface area contributed by atoms with Crippen LogP contribution in [0.5, 0.6) is 0 Å². The Bertz CT molecular complexity index is 1570. The fraction of sp³-hybridized carbons (Fsp3) is 0.0571. The van der Waals surface area contributed by atoms with Gasteiger partial charge in [0, 0.05) is 12.4 Å². The van der Waals surface area contributed by atoms with E-state index in [-0.39, 0.29) is 31.6 Å². The van der Waals surface area contributed by atoms with Crippen molar-refractivity contribution in [2.45, 2.75) is 13.8 Å². The molecule has 0 aliphatic heterocycles. The van der Waals surface area contributed by atoms with Gasteiger partial charge in [0.1, 0.15) is 0 Å². The van der Waals surface area contributed by atoms with Crippen molar-refractivity contribution in [3.8, 4) is 22.5 Å². The molecule has 5 heteroatoms. The number of aromatic nitrogens is 2. The summed E-state index contributed by atoms with van der Waals surface area (Å²) in [6.45, 7) is 2.70. The SMILES string of the molecule is CC(=O)C=C(C)[O-].[Ir+3].[c-]1ccccc1-c1nccc2ccccc12.[c-]1ccccc1-c1nccc2ccccc12. The Labute approximate surface area is 248 Å². The molecular weight excluding hydrogens is 673 g/mol. The normalized spacial score (nSPS) is 10.4. The summed E-state index contributed by atoms with van der Waals surface area (Å²) < 4.78 is 0. The number of hydrogen-bond acceptors (Lipinski definition) is 4. The first-order valence-corrected chi connectivity index (χ1v) is 12.5. The minimum atomic E-state index is -0.187. The molecule has 2 heterocycles. The van der Waals surface area contributed by atoms with E-state index in [2.05, 4.69) is 46.4 Å². The first-order valence-electron chi connectivity index (χ1n) is 12.5. The number of carbonyl (C=O) groups excluding carboxylic acids is 1.